The fourth-order valence-corrected chi connectivity index (χ4v) is 1.42. The number of ether oxygens (including phenoxy) is 1. The first kappa shape index (κ1) is 8.68. The van der Waals surface area contributed by atoms with Crippen LogP contribution in [0, 0.1) is 5.92 Å². The molecule has 1 aliphatic rings. The number of nitrogens with one attached hydrogen (secondary N) is 1. The Bertz CT molecular complexity index is 147. The van der Waals surface area contributed by atoms with E-state index in [2.05, 4.69) is 5.32 Å². The summed E-state index contributed by atoms with van der Waals surface area (Å²) in [6.45, 7) is 5.84. The molecule has 1 rings (SSSR count). The topological polar surface area (TPSA) is 38.3 Å². The van der Waals surface area contributed by atoms with Crippen molar-refractivity contribution >= 4 is 5.78 Å². The molecule has 1 fully saturated rings. The van der Waals surface area contributed by atoms with Gasteiger partial charge in [-0.05, 0) is 13.5 Å². The van der Waals surface area contributed by atoms with Crippen LogP contribution in [0.5, 0.6) is 0 Å². The van der Waals surface area contributed by atoms with Crippen molar-refractivity contribution < 1.29 is 9.53 Å². The predicted octanol–water partition coefficient (Wildman–Crippen LogP) is 0.200. The lowest BCUT2D eigenvalue weighted by Crippen LogP contribution is -2.38. The van der Waals surface area contributed by atoms with Crippen LogP contribution in [0.1, 0.15) is 13.8 Å². The molecule has 0 radical (unpaired) electrons. The Labute approximate surface area is 67.1 Å². The van der Waals surface area contributed by atoms with Crippen LogP contribution in [-0.4, -0.2) is 31.6 Å². The minimum Gasteiger partial charge on any atom is -0.379 e. The highest BCUT2D eigenvalue weighted by molar-refractivity contribution is 5.79. The quantitative estimate of drug-likeness (QED) is 0.636. The molecule has 0 saturated carbocycles. The van der Waals surface area contributed by atoms with Gasteiger partial charge in [0.25, 0.3) is 0 Å². The van der Waals surface area contributed by atoms with Gasteiger partial charge >= 0.3 is 0 Å². The number of hydrogen-bond donors (Lipinski definition) is 1. The summed E-state index contributed by atoms with van der Waals surface area (Å²) in [5.74, 6) is 0.309. The fraction of sp³-hybridized carbons (Fsp3) is 0.875. The van der Waals surface area contributed by atoms with Crippen molar-refractivity contribution in [1.82, 2.24) is 5.32 Å². The normalized spacial score (nSPS) is 30.7. The van der Waals surface area contributed by atoms with Gasteiger partial charge in [0.15, 0.2) is 0 Å². The van der Waals surface area contributed by atoms with E-state index in [1.54, 1.807) is 6.92 Å². The number of carbonyl (C=O) groups is 1. The van der Waals surface area contributed by atoms with Crippen molar-refractivity contribution in [3.05, 3.63) is 0 Å². The number of carbonyl (C=O) groups excluding carboxylic acids is 1. The molecule has 0 bridgehead atoms. The molecule has 1 aliphatic heterocycles. The maximum absolute atomic E-state index is 11.0. The Hall–Kier alpha value is -0.410. The first-order valence-corrected chi connectivity index (χ1v) is 4.07. The highest BCUT2D eigenvalue weighted by atomic mass is 16.5. The van der Waals surface area contributed by atoms with E-state index in [0.717, 1.165) is 6.54 Å². The van der Waals surface area contributed by atoms with Gasteiger partial charge in [-0.1, -0.05) is 6.92 Å². The number of Topliss-reactive ketones (excluding diaryl/α,β-unsaturated/α-hetero) is 1. The Morgan fingerprint density at radius 1 is 1.64 bits per heavy atom. The van der Waals surface area contributed by atoms with Gasteiger partial charge in [0, 0.05) is 6.04 Å². The molecular formula is C8H15NO2. The molecule has 0 spiro atoms. The average molecular weight is 157 g/mol. The molecule has 1 N–H and O–H groups in total. The number of likely N-dealkylation sites (N-methyl/N-ethyl adjacent to an activating group) is 1. The Morgan fingerprint density at radius 3 is 2.91 bits per heavy atom. The van der Waals surface area contributed by atoms with Crippen molar-refractivity contribution in [1.29, 1.82) is 0 Å². The maximum Gasteiger partial charge on any atom is 0.136 e. The molecule has 0 aromatic carbocycles. The molecule has 0 amide bonds. The van der Waals surface area contributed by atoms with Crippen LogP contribution in [0.4, 0.5) is 0 Å². The van der Waals surface area contributed by atoms with Crippen molar-refractivity contribution in [2.75, 3.05) is 19.8 Å². The summed E-state index contributed by atoms with van der Waals surface area (Å²) < 4.78 is 5.20. The van der Waals surface area contributed by atoms with Gasteiger partial charge in [-0.3, -0.25) is 4.79 Å². The van der Waals surface area contributed by atoms with E-state index in [-0.39, 0.29) is 17.7 Å². The SMILES string of the molecule is CCNC1COCC1C(C)=O. The van der Waals surface area contributed by atoms with E-state index in [1.165, 1.54) is 0 Å². The van der Waals surface area contributed by atoms with E-state index >= 15 is 0 Å². The van der Waals surface area contributed by atoms with E-state index in [1.807, 2.05) is 6.92 Å². The average Bonchev–Trinajstić information content (AvgIpc) is 2.36. The van der Waals surface area contributed by atoms with Gasteiger partial charge < -0.3 is 10.1 Å². The molecule has 64 valence electrons. The largest absolute Gasteiger partial charge is 0.379 e. The number of rotatable bonds is 3. The molecule has 3 nitrogen and oxygen atoms in total. The lowest BCUT2D eigenvalue weighted by molar-refractivity contribution is -0.121. The number of hydrogen-bond acceptors (Lipinski definition) is 3. The number of ketones is 1. The summed E-state index contributed by atoms with van der Waals surface area (Å²) in [5, 5.41) is 3.23. The van der Waals surface area contributed by atoms with Crippen molar-refractivity contribution in [3.8, 4) is 0 Å². The predicted molar refractivity (Wildman–Crippen MR) is 42.5 cm³/mol. The lowest BCUT2D eigenvalue weighted by Gasteiger charge is -2.14. The zero-order chi connectivity index (χ0) is 8.27. The first-order valence-electron chi connectivity index (χ1n) is 4.07. The first-order chi connectivity index (χ1) is 5.25. The van der Waals surface area contributed by atoms with Crippen molar-refractivity contribution in [3.63, 3.8) is 0 Å². The maximum atomic E-state index is 11.0. The minimum atomic E-state index is 0.0787. The summed E-state index contributed by atoms with van der Waals surface area (Å²) in [6.07, 6.45) is 0. The second-order valence-electron chi connectivity index (χ2n) is 2.92. The molecule has 1 saturated heterocycles. The second-order valence-corrected chi connectivity index (χ2v) is 2.92. The lowest BCUT2D eigenvalue weighted by atomic mass is 10.00. The van der Waals surface area contributed by atoms with Crippen LogP contribution in [0.2, 0.25) is 0 Å². The molecule has 0 aromatic rings. The third-order valence-corrected chi connectivity index (χ3v) is 2.07. The van der Waals surface area contributed by atoms with Crippen LogP contribution in [0.3, 0.4) is 0 Å². The molecule has 0 aliphatic carbocycles. The molecule has 1 heterocycles. The summed E-state index contributed by atoms with van der Waals surface area (Å²) in [5.41, 5.74) is 0. The Kier molecular flexibility index (Phi) is 3.02. The van der Waals surface area contributed by atoms with Crippen molar-refractivity contribution in [2.45, 2.75) is 19.9 Å². The summed E-state index contributed by atoms with van der Waals surface area (Å²) in [6, 6.07) is 0.248. The summed E-state index contributed by atoms with van der Waals surface area (Å²) in [7, 11) is 0. The van der Waals surface area contributed by atoms with Gasteiger partial charge in [0.1, 0.15) is 5.78 Å². The van der Waals surface area contributed by atoms with Crippen LogP contribution in [-0.2, 0) is 9.53 Å². The Balaban J connectivity index is 2.44. The van der Waals surface area contributed by atoms with Gasteiger partial charge in [-0.15, -0.1) is 0 Å². The van der Waals surface area contributed by atoms with Crippen LogP contribution >= 0.6 is 0 Å². The Morgan fingerprint density at radius 2 is 2.36 bits per heavy atom. The molecule has 2 atom stereocenters. The zero-order valence-corrected chi connectivity index (χ0v) is 7.09. The molecule has 0 aromatic heterocycles. The van der Waals surface area contributed by atoms with E-state index < -0.39 is 0 Å². The van der Waals surface area contributed by atoms with Gasteiger partial charge in [-0.25, -0.2) is 0 Å². The molecular weight excluding hydrogens is 142 g/mol. The van der Waals surface area contributed by atoms with Crippen molar-refractivity contribution in [2.24, 2.45) is 5.92 Å². The van der Waals surface area contributed by atoms with Gasteiger partial charge in [0.2, 0.25) is 0 Å². The summed E-state index contributed by atoms with van der Waals surface area (Å²) in [4.78, 5) is 11.0. The third-order valence-electron chi connectivity index (χ3n) is 2.07. The van der Waals surface area contributed by atoms with Crippen LogP contribution < -0.4 is 5.32 Å². The molecule has 11 heavy (non-hydrogen) atoms. The van der Waals surface area contributed by atoms with E-state index in [9.17, 15) is 4.79 Å². The van der Waals surface area contributed by atoms with Gasteiger partial charge in [-0.2, -0.15) is 0 Å². The molecule has 3 heteroatoms. The highest BCUT2D eigenvalue weighted by Gasteiger charge is 2.30. The summed E-state index contributed by atoms with van der Waals surface area (Å²) >= 11 is 0. The smallest absolute Gasteiger partial charge is 0.136 e. The minimum absolute atomic E-state index is 0.0787. The molecule has 2 unspecified atom stereocenters. The van der Waals surface area contributed by atoms with E-state index in [4.69, 9.17) is 4.74 Å². The monoisotopic (exact) mass is 157 g/mol. The van der Waals surface area contributed by atoms with Crippen LogP contribution in [0.15, 0.2) is 0 Å². The zero-order valence-electron chi connectivity index (χ0n) is 7.09. The standard InChI is InChI=1S/C8H15NO2/c1-3-9-8-5-11-4-7(8)6(2)10/h7-9H,3-5H2,1-2H3. The van der Waals surface area contributed by atoms with Gasteiger partial charge in [0.05, 0.1) is 19.1 Å². The van der Waals surface area contributed by atoms with E-state index in [0.29, 0.717) is 13.2 Å². The fourth-order valence-electron chi connectivity index (χ4n) is 1.42. The second kappa shape index (κ2) is 3.83. The third kappa shape index (κ3) is 2.01. The highest BCUT2D eigenvalue weighted by Crippen LogP contribution is 2.13. The van der Waals surface area contributed by atoms with Crippen LogP contribution in [0.25, 0.3) is 0 Å².